The van der Waals surface area contributed by atoms with Gasteiger partial charge in [0.05, 0.1) is 0 Å². The van der Waals surface area contributed by atoms with Crippen molar-refractivity contribution >= 4 is 0 Å². The predicted octanol–water partition coefficient (Wildman–Crippen LogP) is 1.86. The molecular weight excluding hydrogens is 172 g/mol. The van der Waals surface area contributed by atoms with Crippen LogP contribution in [0.4, 0.5) is 0 Å². The first-order chi connectivity index (χ1) is 6.55. The van der Waals surface area contributed by atoms with E-state index in [0.717, 1.165) is 12.0 Å². The molecule has 1 aliphatic heterocycles. The molecule has 1 aliphatic carbocycles. The lowest BCUT2D eigenvalue weighted by molar-refractivity contribution is 0.168. The number of nitrogens with one attached hydrogen (secondary N) is 1. The minimum absolute atomic E-state index is 0.369. The van der Waals surface area contributed by atoms with Gasteiger partial charge in [0.1, 0.15) is 0 Å². The average molecular weight is 196 g/mol. The summed E-state index contributed by atoms with van der Waals surface area (Å²) in [6.45, 7) is 10.8. The van der Waals surface area contributed by atoms with E-state index in [-0.39, 0.29) is 0 Å². The standard InChI is InChI=1S/C12H24N2/c1-12(2,3)14-7-6-10(9-14)8-13-11-4-5-11/h10-11,13H,4-9H2,1-3H3. The second-order valence-electron chi connectivity index (χ2n) is 5.95. The molecule has 2 heteroatoms. The summed E-state index contributed by atoms with van der Waals surface area (Å²) in [6.07, 6.45) is 4.21. The van der Waals surface area contributed by atoms with Crippen LogP contribution in [0.2, 0.25) is 0 Å². The highest BCUT2D eigenvalue weighted by Crippen LogP contribution is 2.25. The molecule has 1 saturated carbocycles. The van der Waals surface area contributed by atoms with Gasteiger partial charge in [0, 0.05) is 18.1 Å². The number of hydrogen-bond donors (Lipinski definition) is 1. The molecule has 0 aromatic carbocycles. The fraction of sp³-hybridized carbons (Fsp3) is 1.00. The molecule has 0 bridgehead atoms. The van der Waals surface area contributed by atoms with Crippen molar-refractivity contribution in [3.05, 3.63) is 0 Å². The lowest BCUT2D eigenvalue weighted by Crippen LogP contribution is -2.40. The average Bonchev–Trinajstić information content (AvgIpc) is 2.77. The molecule has 0 radical (unpaired) electrons. The lowest BCUT2D eigenvalue weighted by atomic mass is 10.1. The molecule has 2 rings (SSSR count). The smallest absolute Gasteiger partial charge is 0.0125 e. The van der Waals surface area contributed by atoms with Crippen LogP contribution in [-0.4, -0.2) is 36.1 Å². The molecule has 1 atom stereocenters. The van der Waals surface area contributed by atoms with Gasteiger partial charge in [-0.15, -0.1) is 0 Å². The van der Waals surface area contributed by atoms with Crippen molar-refractivity contribution in [3.63, 3.8) is 0 Å². The summed E-state index contributed by atoms with van der Waals surface area (Å²) >= 11 is 0. The summed E-state index contributed by atoms with van der Waals surface area (Å²) in [6, 6.07) is 0.874. The normalized spacial score (nSPS) is 29.8. The maximum Gasteiger partial charge on any atom is 0.0125 e. The Morgan fingerprint density at radius 1 is 1.21 bits per heavy atom. The Labute approximate surface area is 88.1 Å². The number of rotatable bonds is 3. The van der Waals surface area contributed by atoms with Crippen molar-refractivity contribution in [2.24, 2.45) is 5.92 Å². The van der Waals surface area contributed by atoms with Crippen molar-refractivity contribution in [2.75, 3.05) is 19.6 Å². The zero-order valence-corrected chi connectivity index (χ0v) is 9.84. The van der Waals surface area contributed by atoms with E-state index in [1.54, 1.807) is 0 Å². The SMILES string of the molecule is CC(C)(C)N1CCC(CNC2CC2)C1. The van der Waals surface area contributed by atoms with Gasteiger partial charge in [-0.1, -0.05) is 0 Å². The molecule has 0 amide bonds. The van der Waals surface area contributed by atoms with Gasteiger partial charge < -0.3 is 5.32 Å². The molecule has 0 spiro atoms. The third-order valence-corrected chi connectivity index (χ3v) is 3.51. The van der Waals surface area contributed by atoms with Crippen molar-refractivity contribution in [3.8, 4) is 0 Å². The minimum atomic E-state index is 0.369. The summed E-state index contributed by atoms with van der Waals surface area (Å²) in [4.78, 5) is 2.62. The maximum atomic E-state index is 3.64. The lowest BCUT2D eigenvalue weighted by Gasteiger charge is -2.31. The zero-order valence-electron chi connectivity index (χ0n) is 9.84. The Bertz CT molecular complexity index is 191. The summed E-state index contributed by atoms with van der Waals surface area (Å²) in [5, 5.41) is 3.64. The van der Waals surface area contributed by atoms with Crippen LogP contribution in [0.3, 0.4) is 0 Å². The van der Waals surface area contributed by atoms with E-state index in [2.05, 4.69) is 31.0 Å². The van der Waals surface area contributed by atoms with Crippen LogP contribution in [-0.2, 0) is 0 Å². The third kappa shape index (κ3) is 2.71. The quantitative estimate of drug-likeness (QED) is 0.741. The molecule has 2 nitrogen and oxygen atoms in total. The molecule has 0 aromatic heterocycles. The molecule has 1 N–H and O–H groups in total. The first-order valence-electron chi connectivity index (χ1n) is 6.04. The van der Waals surface area contributed by atoms with E-state index < -0.39 is 0 Å². The van der Waals surface area contributed by atoms with Crippen LogP contribution >= 0.6 is 0 Å². The third-order valence-electron chi connectivity index (χ3n) is 3.51. The van der Waals surface area contributed by atoms with E-state index in [1.165, 1.54) is 38.9 Å². The van der Waals surface area contributed by atoms with Crippen molar-refractivity contribution in [2.45, 2.75) is 51.6 Å². The van der Waals surface area contributed by atoms with Gasteiger partial charge >= 0.3 is 0 Å². The first-order valence-corrected chi connectivity index (χ1v) is 6.04. The molecular formula is C12H24N2. The molecule has 0 aromatic rings. The monoisotopic (exact) mass is 196 g/mol. The fourth-order valence-corrected chi connectivity index (χ4v) is 2.23. The van der Waals surface area contributed by atoms with E-state index in [1.807, 2.05) is 0 Å². The van der Waals surface area contributed by atoms with E-state index >= 15 is 0 Å². The highest BCUT2D eigenvalue weighted by molar-refractivity contribution is 4.88. The second kappa shape index (κ2) is 3.82. The Balaban J connectivity index is 1.70. The topological polar surface area (TPSA) is 15.3 Å². The van der Waals surface area contributed by atoms with Gasteiger partial charge in [0.2, 0.25) is 0 Å². The minimum Gasteiger partial charge on any atom is -0.314 e. The summed E-state index contributed by atoms with van der Waals surface area (Å²) < 4.78 is 0. The Morgan fingerprint density at radius 2 is 1.93 bits per heavy atom. The van der Waals surface area contributed by atoms with Gasteiger partial charge in [-0.05, 0) is 59.0 Å². The maximum absolute atomic E-state index is 3.64. The number of likely N-dealkylation sites (tertiary alicyclic amines) is 1. The van der Waals surface area contributed by atoms with Crippen LogP contribution in [0.15, 0.2) is 0 Å². The van der Waals surface area contributed by atoms with Gasteiger partial charge in [0.15, 0.2) is 0 Å². The largest absolute Gasteiger partial charge is 0.314 e. The summed E-state index contributed by atoms with van der Waals surface area (Å²) in [7, 11) is 0. The van der Waals surface area contributed by atoms with Crippen molar-refractivity contribution in [1.82, 2.24) is 10.2 Å². The second-order valence-corrected chi connectivity index (χ2v) is 5.95. The molecule has 2 aliphatic rings. The van der Waals surface area contributed by atoms with E-state index in [0.29, 0.717) is 5.54 Å². The molecule has 1 heterocycles. The van der Waals surface area contributed by atoms with Crippen LogP contribution in [0.5, 0.6) is 0 Å². The van der Waals surface area contributed by atoms with Crippen LogP contribution in [0.1, 0.15) is 40.0 Å². The van der Waals surface area contributed by atoms with Gasteiger partial charge in [-0.2, -0.15) is 0 Å². The molecule has 1 saturated heterocycles. The summed E-state index contributed by atoms with van der Waals surface area (Å²) in [5.41, 5.74) is 0.369. The van der Waals surface area contributed by atoms with Crippen LogP contribution < -0.4 is 5.32 Å². The van der Waals surface area contributed by atoms with Crippen molar-refractivity contribution in [1.29, 1.82) is 0 Å². The predicted molar refractivity (Wildman–Crippen MR) is 60.5 cm³/mol. The molecule has 1 unspecified atom stereocenters. The Kier molecular flexibility index (Phi) is 2.85. The highest BCUT2D eigenvalue weighted by atomic mass is 15.2. The van der Waals surface area contributed by atoms with Crippen LogP contribution in [0, 0.1) is 5.92 Å². The first kappa shape index (κ1) is 10.4. The molecule has 14 heavy (non-hydrogen) atoms. The fourth-order valence-electron chi connectivity index (χ4n) is 2.23. The van der Waals surface area contributed by atoms with Crippen LogP contribution in [0.25, 0.3) is 0 Å². The van der Waals surface area contributed by atoms with Gasteiger partial charge in [-0.25, -0.2) is 0 Å². The number of hydrogen-bond acceptors (Lipinski definition) is 2. The molecule has 2 fully saturated rings. The highest BCUT2D eigenvalue weighted by Gasteiger charge is 2.31. The molecule has 82 valence electrons. The van der Waals surface area contributed by atoms with E-state index in [9.17, 15) is 0 Å². The van der Waals surface area contributed by atoms with Gasteiger partial charge in [-0.3, -0.25) is 4.90 Å². The number of nitrogens with zero attached hydrogens (tertiary/aromatic N) is 1. The van der Waals surface area contributed by atoms with E-state index in [4.69, 9.17) is 0 Å². The zero-order chi connectivity index (χ0) is 10.2. The van der Waals surface area contributed by atoms with Gasteiger partial charge in [0.25, 0.3) is 0 Å². The Morgan fingerprint density at radius 3 is 2.43 bits per heavy atom. The van der Waals surface area contributed by atoms with Crippen molar-refractivity contribution < 1.29 is 0 Å². The summed E-state index contributed by atoms with van der Waals surface area (Å²) in [5.74, 6) is 0.898. The Hall–Kier alpha value is -0.0800.